The Hall–Kier alpha value is -0.290. The predicted octanol–water partition coefficient (Wildman–Crippen LogP) is 1.65. The quantitative estimate of drug-likeness (QED) is 0.784. The van der Waals surface area contributed by atoms with E-state index in [2.05, 4.69) is 6.92 Å². The van der Waals surface area contributed by atoms with E-state index >= 15 is 0 Å². The standard InChI is InChI=1S/C11H20N2OS2/c1-4-8-7-13(5-6-16-8)10(14)11(2,3)9(12)15/h8H,4-7H2,1-3H3,(H2,12,15). The Bertz CT molecular complexity index is 292. The first-order valence-electron chi connectivity index (χ1n) is 5.60. The number of rotatable bonds is 3. The van der Waals surface area contributed by atoms with Crippen LogP contribution in [0.1, 0.15) is 27.2 Å². The minimum Gasteiger partial charge on any atom is -0.392 e. The Labute approximate surface area is 107 Å². The molecular weight excluding hydrogens is 240 g/mol. The molecule has 0 aromatic rings. The molecule has 0 saturated carbocycles. The van der Waals surface area contributed by atoms with Crippen molar-refractivity contribution in [1.82, 2.24) is 4.90 Å². The van der Waals surface area contributed by atoms with Crippen molar-refractivity contribution >= 4 is 34.9 Å². The zero-order chi connectivity index (χ0) is 12.3. The molecule has 0 spiro atoms. The van der Waals surface area contributed by atoms with E-state index in [1.54, 1.807) is 13.8 Å². The van der Waals surface area contributed by atoms with Crippen LogP contribution < -0.4 is 5.73 Å². The van der Waals surface area contributed by atoms with Crippen LogP contribution in [0.5, 0.6) is 0 Å². The van der Waals surface area contributed by atoms with Gasteiger partial charge in [-0.1, -0.05) is 19.1 Å². The highest BCUT2D eigenvalue weighted by molar-refractivity contribution is 8.00. The highest BCUT2D eigenvalue weighted by Gasteiger charge is 2.36. The van der Waals surface area contributed by atoms with Gasteiger partial charge in [-0.3, -0.25) is 4.79 Å². The van der Waals surface area contributed by atoms with E-state index in [-0.39, 0.29) is 10.9 Å². The molecule has 1 unspecified atom stereocenters. The third-order valence-corrected chi connectivity index (χ3v) is 4.91. The molecule has 1 aliphatic rings. The van der Waals surface area contributed by atoms with E-state index in [9.17, 15) is 4.79 Å². The van der Waals surface area contributed by atoms with Crippen molar-refractivity contribution < 1.29 is 4.79 Å². The normalized spacial score (nSPS) is 21.9. The molecule has 1 heterocycles. The van der Waals surface area contributed by atoms with Gasteiger partial charge >= 0.3 is 0 Å². The first-order chi connectivity index (χ1) is 7.39. The Morgan fingerprint density at radius 3 is 2.75 bits per heavy atom. The SMILES string of the molecule is CCC1CN(C(=O)C(C)(C)C(N)=S)CCS1. The van der Waals surface area contributed by atoms with Crippen molar-refractivity contribution in [3.63, 3.8) is 0 Å². The van der Waals surface area contributed by atoms with Gasteiger partial charge in [0.2, 0.25) is 5.91 Å². The summed E-state index contributed by atoms with van der Waals surface area (Å²) in [5.74, 6) is 1.08. The number of carbonyl (C=O) groups is 1. The maximum Gasteiger partial charge on any atom is 0.235 e. The van der Waals surface area contributed by atoms with Gasteiger partial charge in [0.1, 0.15) is 0 Å². The fraction of sp³-hybridized carbons (Fsp3) is 0.818. The van der Waals surface area contributed by atoms with Crippen LogP contribution in [-0.4, -0.2) is 39.9 Å². The number of thioether (sulfide) groups is 1. The third-order valence-electron chi connectivity index (χ3n) is 3.03. The number of hydrogen-bond donors (Lipinski definition) is 1. The third kappa shape index (κ3) is 2.88. The summed E-state index contributed by atoms with van der Waals surface area (Å²) in [5.41, 5.74) is 4.91. The zero-order valence-electron chi connectivity index (χ0n) is 10.2. The second-order valence-electron chi connectivity index (χ2n) is 4.64. The zero-order valence-corrected chi connectivity index (χ0v) is 11.8. The summed E-state index contributed by atoms with van der Waals surface area (Å²) in [6.45, 7) is 7.41. The van der Waals surface area contributed by atoms with E-state index < -0.39 is 5.41 Å². The molecule has 1 fully saturated rings. The minimum absolute atomic E-state index is 0.0683. The first kappa shape index (κ1) is 13.8. The van der Waals surface area contributed by atoms with Gasteiger partial charge in [0.25, 0.3) is 0 Å². The predicted molar refractivity (Wildman–Crippen MR) is 73.7 cm³/mol. The Balaban J connectivity index is 2.70. The van der Waals surface area contributed by atoms with Crippen LogP contribution in [0.4, 0.5) is 0 Å². The van der Waals surface area contributed by atoms with Gasteiger partial charge in [0.05, 0.1) is 10.4 Å². The average molecular weight is 260 g/mol. The molecule has 3 nitrogen and oxygen atoms in total. The summed E-state index contributed by atoms with van der Waals surface area (Å²) in [6.07, 6.45) is 1.10. The van der Waals surface area contributed by atoms with Crippen LogP contribution in [0.2, 0.25) is 0 Å². The van der Waals surface area contributed by atoms with Crippen molar-refractivity contribution in [3.8, 4) is 0 Å². The molecule has 1 atom stereocenters. The number of carbonyl (C=O) groups excluding carboxylic acids is 1. The molecule has 0 bridgehead atoms. The van der Waals surface area contributed by atoms with Gasteiger partial charge in [-0.25, -0.2) is 0 Å². The van der Waals surface area contributed by atoms with Gasteiger partial charge < -0.3 is 10.6 Å². The van der Waals surface area contributed by atoms with Crippen molar-refractivity contribution in [2.45, 2.75) is 32.4 Å². The Morgan fingerprint density at radius 1 is 1.62 bits per heavy atom. The Morgan fingerprint density at radius 2 is 2.25 bits per heavy atom. The van der Waals surface area contributed by atoms with Crippen LogP contribution in [-0.2, 0) is 4.79 Å². The molecule has 1 rings (SSSR count). The minimum atomic E-state index is -0.713. The Kier molecular flexibility index (Phi) is 4.62. The van der Waals surface area contributed by atoms with E-state index in [0.717, 1.165) is 25.3 Å². The monoisotopic (exact) mass is 260 g/mol. The summed E-state index contributed by atoms with van der Waals surface area (Å²) in [5, 5.41) is 0.555. The number of thiocarbonyl (C=S) groups is 1. The molecule has 5 heteroatoms. The fourth-order valence-corrected chi connectivity index (χ4v) is 2.92. The molecule has 2 N–H and O–H groups in total. The highest BCUT2D eigenvalue weighted by atomic mass is 32.2. The maximum absolute atomic E-state index is 12.3. The molecule has 0 radical (unpaired) electrons. The lowest BCUT2D eigenvalue weighted by Crippen LogP contribution is -2.51. The topological polar surface area (TPSA) is 46.3 Å². The lowest BCUT2D eigenvalue weighted by atomic mass is 9.91. The average Bonchev–Trinajstić information content (AvgIpc) is 2.27. The van der Waals surface area contributed by atoms with Crippen molar-refractivity contribution in [2.75, 3.05) is 18.8 Å². The van der Waals surface area contributed by atoms with Crippen molar-refractivity contribution in [3.05, 3.63) is 0 Å². The van der Waals surface area contributed by atoms with Gasteiger partial charge in [0, 0.05) is 24.1 Å². The summed E-state index contributed by atoms with van der Waals surface area (Å²) < 4.78 is 0. The molecular formula is C11H20N2OS2. The summed E-state index contributed by atoms with van der Waals surface area (Å²) in [7, 11) is 0. The molecule has 1 aliphatic heterocycles. The fourth-order valence-electron chi connectivity index (χ4n) is 1.65. The molecule has 0 aromatic heterocycles. The van der Waals surface area contributed by atoms with E-state index in [0.29, 0.717) is 5.25 Å². The van der Waals surface area contributed by atoms with Gasteiger partial charge in [0.15, 0.2) is 0 Å². The van der Waals surface area contributed by atoms with Crippen LogP contribution in [0.3, 0.4) is 0 Å². The van der Waals surface area contributed by atoms with Gasteiger partial charge in [-0.15, -0.1) is 0 Å². The van der Waals surface area contributed by atoms with E-state index in [4.69, 9.17) is 18.0 Å². The molecule has 92 valence electrons. The number of hydrogen-bond acceptors (Lipinski definition) is 3. The maximum atomic E-state index is 12.3. The molecule has 1 amide bonds. The largest absolute Gasteiger partial charge is 0.392 e. The van der Waals surface area contributed by atoms with E-state index in [1.165, 1.54) is 0 Å². The van der Waals surface area contributed by atoms with Gasteiger partial charge in [-0.2, -0.15) is 11.8 Å². The summed E-state index contributed by atoms with van der Waals surface area (Å²) >= 11 is 6.91. The molecule has 0 aliphatic carbocycles. The van der Waals surface area contributed by atoms with Crippen molar-refractivity contribution in [2.24, 2.45) is 11.1 Å². The van der Waals surface area contributed by atoms with Crippen LogP contribution in [0.15, 0.2) is 0 Å². The van der Waals surface area contributed by atoms with Crippen LogP contribution in [0, 0.1) is 5.41 Å². The van der Waals surface area contributed by atoms with Crippen LogP contribution in [0.25, 0.3) is 0 Å². The molecule has 1 saturated heterocycles. The number of amides is 1. The highest BCUT2D eigenvalue weighted by Crippen LogP contribution is 2.26. The van der Waals surface area contributed by atoms with E-state index in [1.807, 2.05) is 16.7 Å². The van der Waals surface area contributed by atoms with Crippen LogP contribution >= 0.6 is 24.0 Å². The number of nitrogens with two attached hydrogens (primary N) is 1. The smallest absolute Gasteiger partial charge is 0.235 e. The lowest BCUT2D eigenvalue weighted by molar-refractivity contribution is -0.136. The number of nitrogens with zero attached hydrogens (tertiary/aromatic N) is 1. The first-order valence-corrected chi connectivity index (χ1v) is 7.06. The lowest BCUT2D eigenvalue weighted by Gasteiger charge is -2.36. The molecule has 16 heavy (non-hydrogen) atoms. The van der Waals surface area contributed by atoms with Gasteiger partial charge in [-0.05, 0) is 20.3 Å². The second kappa shape index (κ2) is 5.36. The van der Waals surface area contributed by atoms with Crippen molar-refractivity contribution in [1.29, 1.82) is 0 Å². The summed E-state index contributed by atoms with van der Waals surface area (Å²) in [4.78, 5) is 14.5. The molecule has 0 aromatic carbocycles. The second-order valence-corrected chi connectivity index (χ2v) is 6.49. The summed E-state index contributed by atoms with van der Waals surface area (Å²) in [6, 6.07) is 0.